The molecule has 0 saturated carbocycles. The maximum Gasteiger partial charge on any atom is 0.410 e. The monoisotopic (exact) mass is 367 g/mol. The predicted molar refractivity (Wildman–Crippen MR) is 101 cm³/mol. The maximum atomic E-state index is 13.5. The summed E-state index contributed by atoms with van der Waals surface area (Å²) in [5, 5.41) is 15.8. The maximum absolute atomic E-state index is 13.5. The van der Waals surface area contributed by atoms with E-state index >= 15 is 0 Å². The topological polar surface area (TPSA) is 65.4 Å². The number of hydrazone groups is 1. The van der Waals surface area contributed by atoms with Gasteiger partial charge in [0, 0.05) is 18.7 Å². The molecule has 1 heterocycles. The second-order valence-electron chi connectivity index (χ2n) is 6.85. The highest BCUT2D eigenvalue weighted by molar-refractivity contribution is 5.83. The van der Waals surface area contributed by atoms with Gasteiger partial charge >= 0.3 is 6.09 Å². The van der Waals surface area contributed by atoms with Gasteiger partial charge in [-0.25, -0.2) is 9.18 Å². The lowest BCUT2D eigenvalue weighted by molar-refractivity contribution is 0.0148. The molecule has 0 atom stereocenters. The highest BCUT2D eigenvalue weighted by atomic mass is 19.1. The van der Waals surface area contributed by atoms with E-state index in [1.165, 1.54) is 12.3 Å². The Morgan fingerprint density at radius 2 is 1.81 bits per heavy atom. The summed E-state index contributed by atoms with van der Waals surface area (Å²) in [6.45, 7) is 13.3. The number of nitrogens with zero attached hydrogens (tertiary/aromatic N) is 3. The Kier molecular flexibility index (Phi) is 7.86. The van der Waals surface area contributed by atoms with Crippen LogP contribution >= 0.6 is 0 Å². The van der Waals surface area contributed by atoms with Crippen molar-refractivity contribution in [3.8, 4) is 5.75 Å². The van der Waals surface area contributed by atoms with E-state index in [4.69, 9.17) is 4.74 Å². The van der Waals surface area contributed by atoms with Gasteiger partial charge in [-0.2, -0.15) is 5.10 Å². The van der Waals surface area contributed by atoms with Crippen LogP contribution in [0.2, 0.25) is 0 Å². The number of ether oxygens (including phenoxy) is 1. The molecule has 26 heavy (non-hydrogen) atoms. The van der Waals surface area contributed by atoms with Crippen molar-refractivity contribution in [3.63, 3.8) is 0 Å². The summed E-state index contributed by atoms with van der Waals surface area (Å²) >= 11 is 0. The normalized spacial score (nSPS) is 14.9. The summed E-state index contributed by atoms with van der Waals surface area (Å²) in [5.74, 6) is -1.07. The molecule has 0 aromatic heterocycles. The number of benzene rings is 1. The molecule has 146 valence electrons. The number of halogens is 1. The summed E-state index contributed by atoms with van der Waals surface area (Å²) in [5.41, 5.74) is 0.530. The Hall–Kier alpha value is -2.31. The van der Waals surface area contributed by atoms with Crippen molar-refractivity contribution >= 4 is 12.3 Å². The zero-order valence-corrected chi connectivity index (χ0v) is 16.5. The van der Waals surface area contributed by atoms with Crippen molar-refractivity contribution in [2.24, 2.45) is 5.10 Å². The molecule has 2 rings (SSSR count). The van der Waals surface area contributed by atoms with Crippen LogP contribution in [0.3, 0.4) is 0 Å². The number of phenols is 1. The Balaban J connectivity index is 0.00000163. The van der Waals surface area contributed by atoms with Gasteiger partial charge in [-0.1, -0.05) is 13.8 Å². The van der Waals surface area contributed by atoms with E-state index in [0.717, 1.165) is 0 Å². The van der Waals surface area contributed by atoms with Crippen LogP contribution in [0.5, 0.6) is 5.75 Å². The highest BCUT2D eigenvalue weighted by Gasteiger charge is 2.25. The number of aryl methyl sites for hydroxylation is 1. The Morgan fingerprint density at radius 1 is 1.23 bits per heavy atom. The fourth-order valence-corrected chi connectivity index (χ4v) is 2.32. The van der Waals surface area contributed by atoms with Crippen LogP contribution in [0, 0.1) is 12.7 Å². The molecule has 1 amide bonds. The SMILES string of the molecule is CC.Cc1cc(F)c(O)c(/C=N/N2CCN(C(=O)OC(C)(C)C)CC2)c1. The first-order valence-corrected chi connectivity index (χ1v) is 8.92. The van der Waals surface area contributed by atoms with Gasteiger partial charge in [0.05, 0.1) is 19.3 Å². The summed E-state index contributed by atoms with van der Waals surface area (Å²) in [4.78, 5) is 13.6. The number of piperazine rings is 1. The van der Waals surface area contributed by atoms with Crippen LogP contribution in [0.1, 0.15) is 45.7 Å². The first-order valence-electron chi connectivity index (χ1n) is 8.92. The molecule has 0 radical (unpaired) electrons. The largest absolute Gasteiger partial charge is 0.504 e. The highest BCUT2D eigenvalue weighted by Crippen LogP contribution is 2.21. The summed E-state index contributed by atoms with van der Waals surface area (Å²) in [7, 11) is 0. The van der Waals surface area contributed by atoms with Gasteiger partial charge in [0.15, 0.2) is 11.6 Å². The van der Waals surface area contributed by atoms with Crippen LogP contribution in [0.4, 0.5) is 9.18 Å². The van der Waals surface area contributed by atoms with Gasteiger partial charge in [0.1, 0.15) is 5.60 Å². The molecule has 0 aliphatic carbocycles. The quantitative estimate of drug-likeness (QED) is 0.809. The summed E-state index contributed by atoms with van der Waals surface area (Å²) in [6.07, 6.45) is 1.11. The molecule has 0 unspecified atom stereocenters. The van der Waals surface area contributed by atoms with Crippen molar-refractivity contribution in [1.82, 2.24) is 9.91 Å². The Bertz CT molecular complexity index is 634. The lowest BCUT2D eigenvalue weighted by atomic mass is 10.1. The zero-order valence-electron chi connectivity index (χ0n) is 16.5. The number of amides is 1. The molecule has 1 aliphatic rings. The van der Waals surface area contributed by atoms with E-state index in [1.54, 1.807) is 22.9 Å². The number of carbonyl (C=O) groups excluding carboxylic acids is 1. The molecule has 1 aliphatic heterocycles. The third-order valence-electron chi connectivity index (χ3n) is 3.51. The fraction of sp³-hybridized carbons (Fsp3) is 0.579. The molecular weight excluding hydrogens is 337 g/mol. The smallest absolute Gasteiger partial charge is 0.410 e. The number of phenolic OH excluding ortho intramolecular Hbond substituents is 1. The van der Waals surface area contributed by atoms with Crippen molar-refractivity contribution < 1.29 is 19.0 Å². The summed E-state index contributed by atoms with van der Waals surface area (Å²) < 4.78 is 18.8. The van der Waals surface area contributed by atoms with Gasteiger partial charge < -0.3 is 14.7 Å². The van der Waals surface area contributed by atoms with Gasteiger partial charge in [0.25, 0.3) is 0 Å². The van der Waals surface area contributed by atoms with Crippen LogP contribution in [0.25, 0.3) is 0 Å². The van der Waals surface area contributed by atoms with E-state index in [0.29, 0.717) is 37.3 Å². The third-order valence-corrected chi connectivity index (χ3v) is 3.51. The predicted octanol–water partition coefficient (Wildman–Crippen LogP) is 3.75. The van der Waals surface area contributed by atoms with Crippen LogP contribution in [-0.2, 0) is 4.74 Å². The minimum atomic E-state index is -0.661. The fourth-order valence-electron chi connectivity index (χ4n) is 2.32. The molecule has 1 saturated heterocycles. The molecule has 0 bridgehead atoms. The standard InChI is InChI=1S/C17H24FN3O3.C2H6/c1-12-9-13(15(22)14(18)10-12)11-19-21-7-5-20(6-8-21)16(23)24-17(2,3)4;1-2/h9-11,22H,5-8H2,1-4H3;1-2H3/b19-11+;. The zero-order chi connectivity index (χ0) is 19.9. The number of carbonyl (C=O) groups is 1. The van der Waals surface area contributed by atoms with Gasteiger partial charge in [0.2, 0.25) is 0 Å². The Morgan fingerprint density at radius 3 is 2.35 bits per heavy atom. The molecule has 1 aromatic carbocycles. The molecular formula is C19H30FN3O3. The van der Waals surface area contributed by atoms with E-state index in [2.05, 4.69) is 5.10 Å². The average Bonchev–Trinajstić information content (AvgIpc) is 2.57. The molecule has 6 nitrogen and oxygen atoms in total. The van der Waals surface area contributed by atoms with Gasteiger partial charge in [-0.3, -0.25) is 5.01 Å². The second-order valence-corrected chi connectivity index (χ2v) is 6.85. The Labute approximate surface area is 155 Å². The second kappa shape index (κ2) is 9.40. The average molecular weight is 367 g/mol. The molecule has 1 fully saturated rings. The minimum absolute atomic E-state index is 0.329. The summed E-state index contributed by atoms with van der Waals surface area (Å²) in [6, 6.07) is 2.94. The van der Waals surface area contributed by atoms with E-state index in [-0.39, 0.29) is 6.09 Å². The third kappa shape index (κ3) is 6.54. The number of rotatable bonds is 2. The first kappa shape index (κ1) is 21.7. The van der Waals surface area contributed by atoms with Crippen molar-refractivity contribution in [2.45, 2.75) is 47.1 Å². The lowest BCUT2D eigenvalue weighted by Gasteiger charge is -2.34. The number of aromatic hydroxyl groups is 1. The molecule has 1 N–H and O–H groups in total. The van der Waals surface area contributed by atoms with Crippen molar-refractivity contribution in [1.29, 1.82) is 0 Å². The lowest BCUT2D eigenvalue weighted by Crippen LogP contribution is -2.48. The minimum Gasteiger partial charge on any atom is -0.504 e. The van der Waals surface area contributed by atoms with Gasteiger partial charge in [-0.05, 0) is 45.4 Å². The van der Waals surface area contributed by atoms with Crippen LogP contribution in [-0.4, -0.2) is 59.1 Å². The van der Waals surface area contributed by atoms with Crippen LogP contribution < -0.4 is 0 Å². The number of hydrogen-bond acceptors (Lipinski definition) is 5. The van der Waals surface area contributed by atoms with Gasteiger partial charge in [-0.15, -0.1) is 0 Å². The van der Waals surface area contributed by atoms with Crippen molar-refractivity contribution in [2.75, 3.05) is 26.2 Å². The van der Waals surface area contributed by atoms with Crippen molar-refractivity contribution in [3.05, 3.63) is 29.1 Å². The van der Waals surface area contributed by atoms with E-state index in [9.17, 15) is 14.3 Å². The van der Waals surface area contributed by atoms with E-state index in [1.807, 2.05) is 34.6 Å². The van der Waals surface area contributed by atoms with Crippen LogP contribution in [0.15, 0.2) is 17.2 Å². The first-order chi connectivity index (χ1) is 12.2. The molecule has 7 heteroatoms. The number of hydrogen-bond donors (Lipinski definition) is 1. The molecule has 0 spiro atoms. The van der Waals surface area contributed by atoms with E-state index < -0.39 is 17.2 Å². The molecule has 1 aromatic rings.